The molecule has 0 amide bonds. The van der Waals surface area contributed by atoms with Gasteiger partial charge in [-0.2, -0.15) is 0 Å². The lowest BCUT2D eigenvalue weighted by molar-refractivity contribution is -0.0442. The molecular weight excluding hydrogens is 290 g/mol. The molecule has 0 heterocycles. The van der Waals surface area contributed by atoms with Crippen LogP contribution in [0.1, 0.15) is 12.8 Å². The van der Waals surface area contributed by atoms with Crippen LogP contribution in [-0.2, 0) is 18.9 Å². The largest absolute Gasteiger partial charge is 0.360 e. The lowest BCUT2D eigenvalue weighted by Crippen LogP contribution is -2.25. The topological polar surface area (TPSA) is 40.2 Å². The molecule has 0 unspecified atom stereocenters. The van der Waals surface area contributed by atoms with Crippen molar-refractivity contribution in [1.29, 1.82) is 0 Å². The third kappa shape index (κ3) is 11.0. The molecule has 0 aliphatic rings. The first-order valence-corrected chi connectivity index (χ1v) is 11.1. The molecule has 0 N–H and O–H groups in total. The average molecular weight is 324 g/mol. The summed E-state index contributed by atoms with van der Waals surface area (Å²) in [7, 11) is 8.60. The quantitative estimate of drug-likeness (QED) is 0.256. The smallest absolute Gasteiger partial charge is 0.134 e. The SMILES string of the molecule is COC(OC)[SiH2]CCCN(C)CCC[SiH2]C(OC)OC. The summed E-state index contributed by atoms with van der Waals surface area (Å²) in [6.07, 6.45) is 2.50. The van der Waals surface area contributed by atoms with Gasteiger partial charge in [0, 0.05) is 28.4 Å². The van der Waals surface area contributed by atoms with Crippen LogP contribution in [0.15, 0.2) is 0 Å². The Morgan fingerprint density at radius 3 is 1.40 bits per heavy atom. The van der Waals surface area contributed by atoms with Gasteiger partial charge in [-0.3, -0.25) is 0 Å². The van der Waals surface area contributed by atoms with Crippen LogP contribution in [0.2, 0.25) is 12.1 Å². The summed E-state index contributed by atoms with van der Waals surface area (Å²) >= 11 is 0. The maximum Gasteiger partial charge on any atom is 0.134 e. The normalized spacial score (nSPS) is 13.2. The Balaban J connectivity index is 3.43. The molecule has 0 aliphatic heterocycles. The van der Waals surface area contributed by atoms with Gasteiger partial charge in [0.25, 0.3) is 0 Å². The van der Waals surface area contributed by atoms with Crippen molar-refractivity contribution in [2.24, 2.45) is 0 Å². The van der Waals surface area contributed by atoms with E-state index in [-0.39, 0.29) is 30.9 Å². The van der Waals surface area contributed by atoms with Gasteiger partial charge in [-0.05, 0) is 33.0 Å². The van der Waals surface area contributed by atoms with Gasteiger partial charge < -0.3 is 23.8 Å². The van der Waals surface area contributed by atoms with Crippen LogP contribution in [-0.4, -0.2) is 84.3 Å². The van der Waals surface area contributed by atoms with E-state index in [1.54, 1.807) is 28.4 Å². The van der Waals surface area contributed by atoms with E-state index in [0.717, 1.165) is 0 Å². The van der Waals surface area contributed by atoms with Crippen molar-refractivity contribution in [3.05, 3.63) is 0 Å². The zero-order chi connectivity index (χ0) is 15.2. The van der Waals surface area contributed by atoms with Gasteiger partial charge in [-0.25, -0.2) is 0 Å². The van der Waals surface area contributed by atoms with Crippen molar-refractivity contribution < 1.29 is 18.9 Å². The fraction of sp³-hybridized carbons (Fsp3) is 1.00. The number of methoxy groups -OCH3 is 4. The molecule has 122 valence electrons. The van der Waals surface area contributed by atoms with Crippen molar-refractivity contribution in [1.82, 2.24) is 4.90 Å². The van der Waals surface area contributed by atoms with E-state index >= 15 is 0 Å². The molecule has 0 atom stereocenters. The van der Waals surface area contributed by atoms with Gasteiger partial charge in [-0.15, -0.1) is 0 Å². The van der Waals surface area contributed by atoms with E-state index in [2.05, 4.69) is 11.9 Å². The summed E-state index contributed by atoms with van der Waals surface area (Å²) in [6, 6.07) is 2.56. The van der Waals surface area contributed by atoms with Crippen molar-refractivity contribution in [3.63, 3.8) is 0 Å². The van der Waals surface area contributed by atoms with Gasteiger partial charge in [0.2, 0.25) is 0 Å². The second-order valence-electron chi connectivity index (χ2n) is 5.10. The standard InChI is InChI=1S/C13H33NO4Si2/c1-14(8-6-10-19-12(15-2)16-3)9-7-11-20-13(17-4)18-5/h12-13H,6-11,19-20H2,1-5H3. The number of hydrogen-bond acceptors (Lipinski definition) is 5. The summed E-state index contributed by atoms with van der Waals surface area (Å²) in [5.74, 6) is 0.178. The summed E-state index contributed by atoms with van der Waals surface area (Å²) in [5.41, 5.74) is 0. The van der Waals surface area contributed by atoms with E-state index in [1.807, 2.05) is 0 Å². The zero-order valence-corrected chi connectivity index (χ0v) is 16.7. The average Bonchev–Trinajstić information content (AvgIpc) is 2.47. The zero-order valence-electron chi connectivity index (χ0n) is 13.9. The minimum Gasteiger partial charge on any atom is -0.360 e. The van der Waals surface area contributed by atoms with Gasteiger partial charge in [0.1, 0.15) is 11.8 Å². The Bertz CT molecular complexity index is 185. The van der Waals surface area contributed by atoms with E-state index in [0.29, 0.717) is 0 Å². The molecule has 0 rings (SSSR count). The monoisotopic (exact) mass is 323 g/mol. The molecule has 0 spiro atoms. The second-order valence-corrected chi connectivity index (χ2v) is 9.00. The summed E-state index contributed by atoms with van der Waals surface area (Å²) in [5, 5.41) is 0. The number of nitrogens with zero attached hydrogens (tertiary/aromatic N) is 1. The van der Waals surface area contributed by atoms with Crippen LogP contribution in [0.4, 0.5) is 0 Å². The van der Waals surface area contributed by atoms with Gasteiger partial charge in [0.05, 0.1) is 19.0 Å². The predicted octanol–water partition coefficient (Wildman–Crippen LogP) is 0.0254. The molecule has 0 aliphatic carbocycles. The van der Waals surface area contributed by atoms with Crippen LogP contribution in [0.25, 0.3) is 0 Å². The summed E-state index contributed by atoms with van der Waals surface area (Å²) < 4.78 is 20.9. The molecule has 0 saturated heterocycles. The molecule has 0 aromatic rings. The highest BCUT2D eigenvalue weighted by atomic mass is 28.2. The third-order valence-electron chi connectivity index (χ3n) is 3.51. The van der Waals surface area contributed by atoms with Gasteiger partial charge >= 0.3 is 0 Å². The lowest BCUT2D eigenvalue weighted by atomic mass is 10.4. The molecule has 0 aromatic heterocycles. The van der Waals surface area contributed by atoms with Crippen LogP contribution in [0.5, 0.6) is 0 Å². The summed E-state index contributed by atoms with van der Waals surface area (Å²) in [4.78, 5) is 2.42. The maximum absolute atomic E-state index is 5.24. The first-order valence-electron chi connectivity index (χ1n) is 7.47. The third-order valence-corrected chi connectivity index (χ3v) is 7.60. The van der Waals surface area contributed by atoms with E-state index < -0.39 is 0 Å². The van der Waals surface area contributed by atoms with Crippen LogP contribution < -0.4 is 0 Å². The first-order chi connectivity index (χ1) is 9.67. The molecule has 0 saturated carbocycles. The van der Waals surface area contributed by atoms with Crippen molar-refractivity contribution >= 4 is 19.0 Å². The molecule has 7 heteroatoms. The van der Waals surface area contributed by atoms with Crippen LogP contribution in [0.3, 0.4) is 0 Å². The van der Waals surface area contributed by atoms with Crippen LogP contribution >= 0.6 is 0 Å². The first kappa shape index (κ1) is 20.2. The van der Waals surface area contributed by atoms with Gasteiger partial charge in [0.15, 0.2) is 0 Å². The summed E-state index contributed by atoms with van der Waals surface area (Å²) in [6.45, 7) is 2.35. The Morgan fingerprint density at radius 1 is 0.750 bits per heavy atom. The molecule has 0 bridgehead atoms. The number of ether oxygens (including phenoxy) is 4. The van der Waals surface area contributed by atoms with Crippen molar-refractivity contribution in [2.75, 3.05) is 48.6 Å². The van der Waals surface area contributed by atoms with Crippen molar-refractivity contribution in [3.8, 4) is 0 Å². The Hall–Kier alpha value is 0.234. The number of rotatable bonds is 14. The molecule has 0 radical (unpaired) electrons. The molecule has 0 fully saturated rings. The number of hydrogen-bond donors (Lipinski definition) is 0. The van der Waals surface area contributed by atoms with E-state index in [4.69, 9.17) is 18.9 Å². The molecule has 20 heavy (non-hydrogen) atoms. The second kappa shape index (κ2) is 14.2. The highest BCUT2D eigenvalue weighted by Gasteiger charge is 2.07. The predicted molar refractivity (Wildman–Crippen MR) is 89.0 cm³/mol. The highest BCUT2D eigenvalue weighted by Crippen LogP contribution is 2.01. The maximum atomic E-state index is 5.24. The Morgan fingerprint density at radius 2 is 1.10 bits per heavy atom. The van der Waals surface area contributed by atoms with E-state index in [9.17, 15) is 0 Å². The molecular formula is C13H33NO4Si2. The Labute approximate surface area is 128 Å². The highest BCUT2D eigenvalue weighted by molar-refractivity contribution is 6.36. The van der Waals surface area contributed by atoms with Crippen molar-refractivity contribution in [2.45, 2.75) is 36.8 Å². The minimum atomic E-state index is -0.256. The fourth-order valence-electron chi connectivity index (χ4n) is 2.16. The molecule has 0 aromatic carbocycles. The van der Waals surface area contributed by atoms with E-state index in [1.165, 1.54) is 38.0 Å². The molecule has 5 nitrogen and oxygen atoms in total. The fourth-order valence-corrected chi connectivity index (χ4v) is 4.80. The Kier molecular flexibility index (Phi) is 14.3. The lowest BCUT2D eigenvalue weighted by Gasteiger charge is -2.18. The minimum absolute atomic E-state index is 0.0892. The van der Waals surface area contributed by atoms with Crippen LogP contribution in [0, 0.1) is 0 Å². The van der Waals surface area contributed by atoms with Gasteiger partial charge in [-0.1, -0.05) is 12.1 Å².